The molecule has 78 valence electrons. The van der Waals surface area contributed by atoms with E-state index in [4.69, 9.17) is 4.74 Å². The zero-order chi connectivity index (χ0) is 10.7. The number of hydrogen-bond acceptors (Lipinski definition) is 5. The lowest BCUT2D eigenvalue weighted by Crippen LogP contribution is -2.06. The molecule has 4 nitrogen and oxygen atoms in total. The summed E-state index contributed by atoms with van der Waals surface area (Å²) in [7, 11) is 0. The molecule has 0 atom stereocenters. The van der Waals surface area contributed by atoms with Crippen molar-refractivity contribution in [3.8, 4) is 16.3 Å². The number of nitrogens with zero attached hydrogens (tertiary/aromatic N) is 3. The number of benzene rings is 1. The summed E-state index contributed by atoms with van der Waals surface area (Å²) in [5.41, 5.74) is 0.946. The van der Waals surface area contributed by atoms with Gasteiger partial charge >= 0.3 is 0 Å². The van der Waals surface area contributed by atoms with E-state index in [-0.39, 0.29) is 6.10 Å². The second-order valence-electron chi connectivity index (χ2n) is 3.33. The van der Waals surface area contributed by atoms with Crippen molar-refractivity contribution in [3.63, 3.8) is 0 Å². The molecule has 0 aliphatic carbocycles. The van der Waals surface area contributed by atoms with E-state index in [0.717, 1.165) is 16.3 Å². The van der Waals surface area contributed by atoms with Crippen molar-refractivity contribution in [2.75, 3.05) is 0 Å². The normalized spacial score (nSPS) is 10.6. The third-order valence-electron chi connectivity index (χ3n) is 1.78. The molecular formula is C10H11N3OS. The van der Waals surface area contributed by atoms with E-state index in [1.165, 1.54) is 11.5 Å². The van der Waals surface area contributed by atoms with Crippen molar-refractivity contribution < 1.29 is 4.74 Å². The Hall–Kier alpha value is -1.49. The smallest absolute Gasteiger partial charge is 0.171 e. The highest BCUT2D eigenvalue weighted by Gasteiger charge is 2.10. The molecule has 0 bridgehead atoms. The van der Waals surface area contributed by atoms with Crippen LogP contribution < -0.4 is 4.74 Å². The van der Waals surface area contributed by atoms with Gasteiger partial charge in [-0.15, -0.1) is 5.10 Å². The van der Waals surface area contributed by atoms with Gasteiger partial charge in [-0.1, -0.05) is 16.6 Å². The molecule has 1 heterocycles. The van der Waals surface area contributed by atoms with Crippen molar-refractivity contribution >= 4 is 11.5 Å². The predicted octanol–water partition coefficient (Wildman–Crippen LogP) is 2.39. The van der Waals surface area contributed by atoms with Gasteiger partial charge in [0.2, 0.25) is 0 Å². The molecule has 0 spiro atoms. The van der Waals surface area contributed by atoms with Gasteiger partial charge in [0.25, 0.3) is 0 Å². The van der Waals surface area contributed by atoms with Gasteiger partial charge in [-0.05, 0) is 31.2 Å². The first-order valence-electron chi connectivity index (χ1n) is 4.68. The molecule has 0 saturated heterocycles. The first-order chi connectivity index (χ1) is 7.27. The molecule has 0 aliphatic rings. The summed E-state index contributed by atoms with van der Waals surface area (Å²) in [5.74, 6) is 0.825. The van der Waals surface area contributed by atoms with Gasteiger partial charge in [-0.2, -0.15) is 0 Å². The van der Waals surface area contributed by atoms with E-state index >= 15 is 0 Å². The Labute approximate surface area is 92.1 Å². The molecule has 0 N–H and O–H groups in total. The monoisotopic (exact) mass is 221 g/mol. The van der Waals surface area contributed by atoms with Crippen molar-refractivity contribution in [1.82, 2.24) is 14.8 Å². The lowest BCUT2D eigenvalue weighted by molar-refractivity contribution is 0.243. The van der Waals surface area contributed by atoms with Crippen molar-refractivity contribution in [2.45, 2.75) is 20.0 Å². The summed E-state index contributed by atoms with van der Waals surface area (Å²) in [6, 6.07) is 7.77. The standard InChI is InChI=1S/C10H11N3OS/c1-7(2)14-9-6-4-3-5-8(9)10-11-12-13-15-10/h3-7H,1-2H3. The zero-order valence-corrected chi connectivity index (χ0v) is 9.36. The number of aromatic nitrogens is 3. The Kier molecular flexibility index (Phi) is 2.91. The fraction of sp³-hybridized carbons (Fsp3) is 0.300. The summed E-state index contributed by atoms with van der Waals surface area (Å²) < 4.78 is 9.42. The predicted molar refractivity (Wildman–Crippen MR) is 58.9 cm³/mol. The van der Waals surface area contributed by atoms with Crippen LogP contribution in [-0.2, 0) is 0 Å². The van der Waals surface area contributed by atoms with Crippen LogP contribution in [-0.4, -0.2) is 20.9 Å². The molecule has 0 aliphatic heterocycles. The fourth-order valence-electron chi connectivity index (χ4n) is 1.24. The first kappa shape index (κ1) is 10.0. The van der Waals surface area contributed by atoms with Crippen LogP contribution in [0.3, 0.4) is 0 Å². The van der Waals surface area contributed by atoms with Crippen LogP contribution in [0.4, 0.5) is 0 Å². The van der Waals surface area contributed by atoms with Gasteiger partial charge in [0.05, 0.1) is 11.7 Å². The minimum atomic E-state index is 0.145. The molecular weight excluding hydrogens is 210 g/mol. The Bertz CT molecular complexity index is 428. The summed E-state index contributed by atoms with van der Waals surface area (Å²) in [4.78, 5) is 0. The zero-order valence-electron chi connectivity index (χ0n) is 8.54. The summed E-state index contributed by atoms with van der Waals surface area (Å²) in [5, 5.41) is 8.30. The average Bonchev–Trinajstić information content (AvgIpc) is 2.70. The van der Waals surface area contributed by atoms with Crippen LogP contribution in [0, 0.1) is 0 Å². The van der Waals surface area contributed by atoms with Crippen molar-refractivity contribution in [2.24, 2.45) is 0 Å². The van der Waals surface area contributed by atoms with Crippen LogP contribution in [0.2, 0.25) is 0 Å². The second-order valence-corrected chi connectivity index (χ2v) is 4.06. The van der Waals surface area contributed by atoms with Gasteiger partial charge < -0.3 is 4.74 Å². The number of hydrogen-bond donors (Lipinski definition) is 0. The molecule has 0 saturated carbocycles. The fourth-order valence-corrected chi connectivity index (χ4v) is 1.73. The van der Waals surface area contributed by atoms with Gasteiger partial charge in [-0.25, -0.2) is 0 Å². The van der Waals surface area contributed by atoms with Gasteiger partial charge in [0.1, 0.15) is 5.75 Å². The average molecular weight is 221 g/mol. The third-order valence-corrected chi connectivity index (χ3v) is 2.41. The molecule has 2 rings (SSSR count). The highest BCUT2D eigenvalue weighted by atomic mass is 32.1. The van der Waals surface area contributed by atoms with Crippen molar-refractivity contribution in [1.29, 1.82) is 0 Å². The van der Waals surface area contributed by atoms with Gasteiger partial charge in [0, 0.05) is 11.5 Å². The minimum absolute atomic E-state index is 0.145. The Morgan fingerprint density at radius 2 is 2.07 bits per heavy atom. The lowest BCUT2D eigenvalue weighted by atomic mass is 10.2. The highest BCUT2D eigenvalue weighted by molar-refractivity contribution is 7.08. The second kappa shape index (κ2) is 4.35. The Morgan fingerprint density at radius 3 is 2.73 bits per heavy atom. The molecule has 0 unspecified atom stereocenters. The van der Waals surface area contributed by atoms with Crippen LogP contribution in [0.25, 0.3) is 10.6 Å². The number of rotatable bonds is 3. The van der Waals surface area contributed by atoms with Crippen LogP contribution >= 0.6 is 11.5 Å². The third kappa shape index (κ3) is 2.30. The molecule has 15 heavy (non-hydrogen) atoms. The number of para-hydroxylation sites is 1. The molecule has 0 amide bonds. The first-order valence-corrected chi connectivity index (χ1v) is 5.46. The lowest BCUT2D eigenvalue weighted by Gasteiger charge is -2.11. The molecule has 1 aromatic heterocycles. The Morgan fingerprint density at radius 1 is 1.27 bits per heavy atom. The van der Waals surface area contributed by atoms with E-state index in [0.29, 0.717) is 0 Å². The summed E-state index contributed by atoms with van der Waals surface area (Å²) in [6.45, 7) is 3.99. The SMILES string of the molecule is CC(C)Oc1ccccc1-c1nnns1. The number of ether oxygens (including phenoxy) is 1. The Balaban J connectivity index is 2.38. The topological polar surface area (TPSA) is 47.9 Å². The van der Waals surface area contributed by atoms with E-state index in [9.17, 15) is 0 Å². The highest BCUT2D eigenvalue weighted by Crippen LogP contribution is 2.30. The molecule has 0 fully saturated rings. The minimum Gasteiger partial charge on any atom is -0.490 e. The summed E-state index contributed by atoms with van der Waals surface area (Å²) >= 11 is 1.27. The van der Waals surface area contributed by atoms with Gasteiger partial charge in [0.15, 0.2) is 5.01 Å². The van der Waals surface area contributed by atoms with Gasteiger partial charge in [-0.3, -0.25) is 0 Å². The van der Waals surface area contributed by atoms with E-state index < -0.39 is 0 Å². The van der Waals surface area contributed by atoms with Crippen LogP contribution in [0.5, 0.6) is 5.75 Å². The van der Waals surface area contributed by atoms with Crippen LogP contribution in [0.15, 0.2) is 24.3 Å². The molecule has 1 aromatic carbocycles. The molecule has 2 aromatic rings. The van der Waals surface area contributed by atoms with E-state index in [2.05, 4.69) is 14.8 Å². The maximum Gasteiger partial charge on any atom is 0.171 e. The van der Waals surface area contributed by atoms with Crippen LogP contribution in [0.1, 0.15) is 13.8 Å². The quantitative estimate of drug-likeness (QED) is 0.798. The maximum absolute atomic E-state index is 5.68. The molecule has 0 radical (unpaired) electrons. The summed E-state index contributed by atoms with van der Waals surface area (Å²) in [6.07, 6.45) is 0.145. The molecule has 5 heteroatoms. The largest absolute Gasteiger partial charge is 0.490 e. The van der Waals surface area contributed by atoms with Crippen molar-refractivity contribution in [3.05, 3.63) is 24.3 Å². The van der Waals surface area contributed by atoms with E-state index in [1.54, 1.807) is 0 Å². The maximum atomic E-state index is 5.68. The van der Waals surface area contributed by atoms with E-state index in [1.807, 2.05) is 38.1 Å².